The van der Waals surface area contributed by atoms with Crippen molar-refractivity contribution in [3.05, 3.63) is 29.8 Å². The number of ether oxygens (including phenoxy) is 1. The monoisotopic (exact) mass is 227 g/mol. The quantitative estimate of drug-likeness (QED) is 0.775. The fraction of sp³-hybridized carbons (Fsp3) is 0.500. The van der Waals surface area contributed by atoms with Crippen molar-refractivity contribution in [3.63, 3.8) is 0 Å². The van der Waals surface area contributed by atoms with Gasteiger partial charge in [-0.3, -0.25) is 0 Å². The van der Waals surface area contributed by atoms with Crippen LogP contribution in [-0.4, -0.2) is 6.10 Å². The molecule has 0 radical (unpaired) electrons. The van der Waals surface area contributed by atoms with E-state index in [1.54, 1.807) is 0 Å². The highest BCUT2D eigenvalue weighted by atomic mass is 35.5. The molecule has 1 aromatic rings. The second-order valence-corrected chi connectivity index (χ2v) is 3.96. The molecule has 0 aliphatic rings. The lowest BCUT2D eigenvalue weighted by Gasteiger charge is -2.15. The van der Waals surface area contributed by atoms with Crippen molar-refractivity contribution in [2.75, 3.05) is 0 Å². The molecule has 0 fully saturated rings. The molecule has 0 bridgehead atoms. The summed E-state index contributed by atoms with van der Waals surface area (Å²) in [4.78, 5) is 2.69. The van der Waals surface area contributed by atoms with E-state index in [4.69, 9.17) is 16.5 Å². The maximum atomic E-state index is 5.73. The first-order chi connectivity index (χ1) is 7.17. The van der Waals surface area contributed by atoms with Crippen molar-refractivity contribution in [2.24, 2.45) is 0 Å². The highest BCUT2D eigenvalue weighted by Gasteiger charge is 2.06. The molecule has 0 heterocycles. The Morgan fingerprint density at radius 1 is 1.40 bits per heavy atom. The normalized spacial score (nSPS) is 14.7. The Hall–Kier alpha value is -0.730. The number of halogens is 1. The van der Waals surface area contributed by atoms with E-state index in [-0.39, 0.29) is 12.1 Å². The number of nitrogens with one attached hydrogen (secondary N) is 1. The molecule has 2 nitrogen and oxygen atoms in total. The van der Waals surface area contributed by atoms with E-state index in [2.05, 4.69) is 18.7 Å². The van der Waals surface area contributed by atoms with Gasteiger partial charge in [0.25, 0.3) is 0 Å². The van der Waals surface area contributed by atoms with Gasteiger partial charge >= 0.3 is 0 Å². The average molecular weight is 228 g/mol. The van der Waals surface area contributed by atoms with Crippen LogP contribution in [0.25, 0.3) is 0 Å². The van der Waals surface area contributed by atoms with Gasteiger partial charge in [0, 0.05) is 6.04 Å². The zero-order valence-electron chi connectivity index (χ0n) is 9.46. The molecule has 0 saturated carbocycles. The fourth-order valence-corrected chi connectivity index (χ4v) is 1.36. The topological polar surface area (TPSA) is 21.3 Å². The number of hydrogen-bond donors (Lipinski definition) is 1. The van der Waals surface area contributed by atoms with E-state index in [1.807, 2.05) is 31.2 Å². The zero-order chi connectivity index (χ0) is 11.3. The number of hydrogen-bond acceptors (Lipinski definition) is 2. The predicted octanol–water partition coefficient (Wildman–Crippen LogP) is 3.67. The highest BCUT2D eigenvalue weighted by Crippen LogP contribution is 2.20. The standard InChI is InChI=1S/C12H18ClNO/c1-4-9(2)15-12-7-5-6-11(8-12)10(3)14-13/h5-10,14H,4H2,1-3H3/t9-,10+/m0/s1. The van der Waals surface area contributed by atoms with Gasteiger partial charge < -0.3 is 4.74 Å². The van der Waals surface area contributed by atoms with Crippen LogP contribution in [0, 0.1) is 0 Å². The van der Waals surface area contributed by atoms with Gasteiger partial charge in [-0.1, -0.05) is 19.1 Å². The molecule has 1 aromatic carbocycles. The minimum Gasteiger partial charge on any atom is -0.491 e. The Bertz CT molecular complexity index is 303. The minimum atomic E-state index is 0.132. The maximum absolute atomic E-state index is 5.73. The molecular weight excluding hydrogens is 210 g/mol. The van der Waals surface area contributed by atoms with Gasteiger partial charge in [-0.15, -0.1) is 0 Å². The zero-order valence-corrected chi connectivity index (χ0v) is 10.2. The van der Waals surface area contributed by atoms with Crippen LogP contribution < -0.4 is 9.57 Å². The van der Waals surface area contributed by atoms with Gasteiger partial charge in [0.05, 0.1) is 6.10 Å². The molecule has 0 aliphatic carbocycles. The summed E-state index contributed by atoms with van der Waals surface area (Å²) in [6.07, 6.45) is 1.26. The lowest BCUT2D eigenvalue weighted by molar-refractivity contribution is 0.217. The van der Waals surface area contributed by atoms with Crippen LogP contribution in [0.2, 0.25) is 0 Å². The molecule has 15 heavy (non-hydrogen) atoms. The van der Waals surface area contributed by atoms with Gasteiger partial charge in [-0.05, 0) is 49.7 Å². The van der Waals surface area contributed by atoms with Crippen molar-refractivity contribution in [3.8, 4) is 5.75 Å². The lowest BCUT2D eigenvalue weighted by atomic mass is 10.1. The van der Waals surface area contributed by atoms with E-state index >= 15 is 0 Å². The third kappa shape index (κ3) is 3.73. The second-order valence-electron chi connectivity index (χ2n) is 3.74. The van der Waals surface area contributed by atoms with E-state index in [9.17, 15) is 0 Å². The van der Waals surface area contributed by atoms with E-state index < -0.39 is 0 Å². The first kappa shape index (κ1) is 12.3. The summed E-state index contributed by atoms with van der Waals surface area (Å²) in [5.41, 5.74) is 1.13. The molecule has 0 aromatic heterocycles. The summed E-state index contributed by atoms with van der Waals surface area (Å²) in [5.74, 6) is 0.903. The summed E-state index contributed by atoms with van der Waals surface area (Å²) in [6.45, 7) is 6.18. The Kier molecular flexibility index (Phi) is 4.92. The highest BCUT2D eigenvalue weighted by molar-refractivity contribution is 6.13. The Balaban J connectivity index is 2.74. The van der Waals surface area contributed by atoms with Gasteiger partial charge in [0.2, 0.25) is 0 Å². The van der Waals surface area contributed by atoms with Crippen molar-refractivity contribution in [1.29, 1.82) is 0 Å². The molecule has 0 unspecified atom stereocenters. The van der Waals surface area contributed by atoms with Crippen LogP contribution in [0.1, 0.15) is 38.8 Å². The van der Waals surface area contributed by atoms with Gasteiger partial charge in [0.15, 0.2) is 0 Å². The molecule has 1 rings (SSSR count). The summed E-state index contributed by atoms with van der Waals surface area (Å²) in [5, 5.41) is 0. The van der Waals surface area contributed by atoms with Crippen LogP contribution in [0.4, 0.5) is 0 Å². The molecular formula is C12H18ClNO. The van der Waals surface area contributed by atoms with Crippen LogP contribution >= 0.6 is 11.8 Å². The van der Waals surface area contributed by atoms with Crippen LogP contribution in [0.5, 0.6) is 5.75 Å². The van der Waals surface area contributed by atoms with Gasteiger partial charge in [-0.25, -0.2) is 4.84 Å². The molecule has 0 saturated heterocycles. The SMILES string of the molecule is CC[C@H](C)Oc1cccc([C@@H](C)NCl)c1. The van der Waals surface area contributed by atoms with Crippen LogP contribution in [0.15, 0.2) is 24.3 Å². The second kappa shape index (κ2) is 5.99. The average Bonchev–Trinajstić information content (AvgIpc) is 2.28. The molecule has 0 spiro atoms. The van der Waals surface area contributed by atoms with E-state index in [1.165, 1.54) is 0 Å². The maximum Gasteiger partial charge on any atom is 0.120 e. The molecule has 1 N–H and O–H groups in total. The van der Waals surface area contributed by atoms with E-state index in [0.717, 1.165) is 17.7 Å². The first-order valence-corrected chi connectivity index (χ1v) is 5.68. The number of benzene rings is 1. The van der Waals surface area contributed by atoms with Gasteiger partial charge in [-0.2, -0.15) is 0 Å². The predicted molar refractivity (Wildman–Crippen MR) is 64.2 cm³/mol. The summed E-state index contributed by atoms with van der Waals surface area (Å²) >= 11 is 5.58. The Labute approximate surface area is 96.7 Å². The summed E-state index contributed by atoms with van der Waals surface area (Å²) in [7, 11) is 0. The Morgan fingerprint density at radius 2 is 2.13 bits per heavy atom. The van der Waals surface area contributed by atoms with E-state index in [0.29, 0.717) is 0 Å². The molecule has 2 atom stereocenters. The number of rotatable bonds is 5. The van der Waals surface area contributed by atoms with Crippen molar-refractivity contribution >= 4 is 11.8 Å². The minimum absolute atomic E-state index is 0.132. The smallest absolute Gasteiger partial charge is 0.120 e. The van der Waals surface area contributed by atoms with Crippen LogP contribution in [-0.2, 0) is 0 Å². The molecule has 0 amide bonds. The largest absolute Gasteiger partial charge is 0.491 e. The summed E-state index contributed by atoms with van der Waals surface area (Å²) < 4.78 is 5.73. The lowest BCUT2D eigenvalue weighted by Crippen LogP contribution is -2.11. The van der Waals surface area contributed by atoms with Crippen molar-refractivity contribution in [1.82, 2.24) is 4.84 Å². The third-order valence-corrected chi connectivity index (χ3v) is 2.76. The first-order valence-electron chi connectivity index (χ1n) is 5.30. The fourth-order valence-electron chi connectivity index (χ4n) is 1.24. The Morgan fingerprint density at radius 3 is 2.73 bits per heavy atom. The van der Waals surface area contributed by atoms with Crippen molar-refractivity contribution in [2.45, 2.75) is 39.3 Å². The molecule has 3 heteroatoms. The summed E-state index contributed by atoms with van der Waals surface area (Å²) in [6, 6.07) is 8.14. The van der Waals surface area contributed by atoms with Crippen LogP contribution in [0.3, 0.4) is 0 Å². The molecule has 84 valence electrons. The van der Waals surface area contributed by atoms with Crippen molar-refractivity contribution < 1.29 is 4.74 Å². The molecule has 0 aliphatic heterocycles. The van der Waals surface area contributed by atoms with Gasteiger partial charge in [0.1, 0.15) is 5.75 Å². The third-order valence-electron chi connectivity index (χ3n) is 2.43.